The third-order valence-corrected chi connectivity index (χ3v) is 3.28. The van der Waals surface area contributed by atoms with Crippen molar-refractivity contribution >= 4 is 39.7 Å². The Labute approximate surface area is 87.4 Å². The predicted molar refractivity (Wildman–Crippen MR) is 57.8 cm³/mol. The predicted octanol–water partition coefficient (Wildman–Crippen LogP) is 3.86. The third kappa shape index (κ3) is 5.11. The van der Waals surface area contributed by atoms with Gasteiger partial charge in [0.2, 0.25) is 0 Å². The van der Waals surface area contributed by atoms with Gasteiger partial charge in [0, 0.05) is 0 Å². The zero-order chi connectivity index (χ0) is 9.27. The van der Waals surface area contributed by atoms with Crippen molar-refractivity contribution in [3.63, 3.8) is 0 Å². The molecule has 0 atom stereocenters. The van der Waals surface area contributed by atoms with Crippen molar-refractivity contribution in [2.24, 2.45) is 0 Å². The van der Waals surface area contributed by atoms with Crippen LogP contribution in [0.1, 0.15) is 32.1 Å². The van der Waals surface area contributed by atoms with E-state index in [2.05, 4.69) is 12.2 Å². The summed E-state index contributed by atoms with van der Waals surface area (Å²) in [6.07, 6.45) is 5.25. The topological polar surface area (TPSA) is 29.5 Å². The van der Waals surface area contributed by atoms with Gasteiger partial charge in [0.15, 0.2) is 0 Å². The molecule has 74 valence electrons. The van der Waals surface area contributed by atoms with E-state index in [1.54, 1.807) is 0 Å². The minimum absolute atomic E-state index is 0.0195. The molecule has 12 heavy (non-hydrogen) atoms. The van der Waals surface area contributed by atoms with E-state index in [-0.39, 0.29) is 6.10 Å². The number of hydrogen-bond donors (Lipinski definition) is 2. The van der Waals surface area contributed by atoms with Crippen molar-refractivity contribution in [2.45, 2.75) is 38.2 Å². The quantitative estimate of drug-likeness (QED) is 0.576. The summed E-state index contributed by atoms with van der Waals surface area (Å²) < 4.78 is 5.15. The second-order valence-corrected chi connectivity index (χ2v) is 12.8. The van der Waals surface area contributed by atoms with Crippen molar-refractivity contribution in [1.29, 1.82) is 0 Å². The van der Waals surface area contributed by atoms with Crippen molar-refractivity contribution in [3.05, 3.63) is 0 Å². The Morgan fingerprint density at radius 1 is 1.25 bits per heavy atom. The zero-order valence-corrected chi connectivity index (χ0v) is 9.92. The van der Waals surface area contributed by atoms with Crippen LogP contribution in [-0.4, -0.2) is 11.0 Å². The zero-order valence-electron chi connectivity index (χ0n) is 6.62. The van der Waals surface area contributed by atoms with Crippen LogP contribution in [0.2, 0.25) is 0 Å². The number of thiol groups is 1. The molecule has 0 radical (unpaired) electrons. The molecule has 6 heteroatoms. The van der Waals surface area contributed by atoms with Gasteiger partial charge in [-0.05, 0) is 0 Å². The molecule has 0 bridgehead atoms. The number of hydrogen-bond acceptors (Lipinski definition) is 3. The van der Waals surface area contributed by atoms with Gasteiger partial charge in [-0.2, -0.15) is 0 Å². The van der Waals surface area contributed by atoms with Crippen LogP contribution in [0.15, 0.2) is 0 Å². The summed E-state index contributed by atoms with van der Waals surface area (Å²) in [5, 5.41) is 0. The second-order valence-electron chi connectivity index (χ2n) is 3.12. The first kappa shape index (κ1) is 11.4. The summed E-state index contributed by atoms with van der Waals surface area (Å²) in [6.45, 7) is 0. The molecule has 1 N–H and O–H groups in total. The molecule has 0 aromatic carbocycles. The van der Waals surface area contributed by atoms with Gasteiger partial charge in [0.05, 0.1) is 0 Å². The Morgan fingerprint density at radius 2 is 1.75 bits per heavy atom. The molecule has 0 unspecified atom stereocenters. The minimum atomic E-state index is -4.06. The molecule has 1 aliphatic rings. The summed E-state index contributed by atoms with van der Waals surface area (Å²) >= 11 is 14.7. The van der Waals surface area contributed by atoms with E-state index in [9.17, 15) is 4.89 Å². The standard InChI is InChI=1S/C6H13Cl2O2PS/c7-11(8,9,12)10-6-4-2-1-3-5-6/h6,9,12H,1-5H2. The Kier molecular flexibility index (Phi) is 3.59. The normalized spacial score (nSPS) is 24.8. The van der Waals surface area contributed by atoms with Crippen LogP contribution in [0.25, 0.3) is 0 Å². The van der Waals surface area contributed by atoms with Gasteiger partial charge >= 0.3 is 87.3 Å². The molecule has 0 aromatic rings. The maximum atomic E-state index is 9.34. The van der Waals surface area contributed by atoms with Crippen molar-refractivity contribution in [2.75, 3.05) is 0 Å². The van der Waals surface area contributed by atoms with Gasteiger partial charge in [-0.25, -0.2) is 0 Å². The Morgan fingerprint density at radius 3 is 2.17 bits per heavy atom. The molecule has 0 heterocycles. The first-order valence-corrected chi connectivity index (χ1v) is 9.04. The molecule has 0 spiro atoms. The van der Waals surface area contributed by atoms with E-state index in [0.717, 1.165) is 25.7 Å². The van der Waals surface area contributed by atoms with E-state index in [0.29, 0.717) is 0 Å². The van der Waals surface area contributed by atoms with E-state index >= 15 is 0 Å². The number of rotatable bonds is 2. The van der Waals surface area contributed by atoms with Gasteiger partial charge in [-0.15, -0.1) is 0 Å². The Bertz CT molecular complexity index is 155. The monoisotopic (exact) mass is 250 g/mol. The third-order valence-electron chi connectivity index (χ3n) is 1.88. The fourth-order valence-corrected chi connectivity index (χ4v) is 3.20. The first-order chi connectivity index (χ1) is 5.33. The van der Waals surface area contributed by atoms with Crippen LogP contribution in [0, 0.1) is 0 Å². The fourth-order valence-electron chi connectivity index (χ4n) is 1.42. The van der Waals surface area contributed by atoms with E-state index in [4.69, 9.17) is 27.0 Å². The molecule has 2 nitrogen and oxygen atoms in total. The summed E-state index contributed by atoms with van der Waals surface area (Å²) in [4.78, 5) is 5.28. The average molecular weight is 251 g/mol. The molecule has 0 aromatic heterocycles. The van der Waals surface area contributed by atoms with Crippen molar-refractivity contribution < 1.29 is 9.42 Å². The fraction of sp³-hybridized carbons (Fsp3) is 1.00. The summed E-state index contributed by atoms with van der Waals surface area (Å²) in [5.41, 5.74) is 0. The van der Waals surface area contributed by atoms with Crippen molar-refractivity contribution in [1.82, 2.24) is 0 Å². The van der Waals surface area contributed by atoms with Gasteiger partial charge in [-0.1, -0.05) is 0 Å². The van der Waals surface area contributed by atoms with Gasteiger partial charge in [0.1, 0.15) is 0 Å². The second kappa shape index (κ2) is 3.80. The summed E-state index contributed by atoms with van der Waals surface area (Å²) in [6, 6.07) is 0. The van der Waals surface area contributed by atoms with E-state index < -0.39 is 4.96 Å². The van der Waals surface area contributed by atoms with E-state index in [1.165, 1.54) is 6.42 Å². The summed E-state index contributed by atoms with van der Waals surface area (Å²) in [7, 11) is 0. The van der Waals surface area contributed by atoms with Crippen LogP contribution in [0.4, 0.5) is 0 Å². The van der Waals surface area contributed by atoms with Crippen LogP contribution in [-0.2, 0) is 4.52 Å². The first-order valence-electron chi connectivity index (χ1n) is 3.97. The van der Waals surface area contributed by atoms with E-state index in [1.807, 2.05) is 0 Å². The molecule has 1 fully saturated rings. The maximum absolute atomic E-state index is 9.34. The summed E-state index contributed by atoms with van der Waals surface area (Å²) in [5.74, 6) is 0. The SMILES string of the molecule is OP(S)(Cl)(Cl)OC1CCCCC1. The molecular formula is C6H13Cl2O2PS. The van der Waals surface area contributed by atoms with Crippen molar-refractivity contribution in [3.8, 4) is 0 Å². The van der Waals surface area contributed by atoms with Crippen LogP contribution >= 0.6 is 39.7 Å². The molecule has 0 amide bonds. The molecule has 1 saturated carbocycles. The van der Waals surface area contributed by atoms with Gasteiger partial charge in [0.25, 0.3) is 0 Å². The number of halogens is 2. The molecule has 1 aliphatic carbocycles. The molecule has 1 rings (SSSR count). The van der Waals surface area contributed by atoms with Gasteiger partial charge < -0.3 is 0 Å². The van der Waals surface area contributed by atoms with Crippen LogP contribution < -0.4 is 0 Å². The molecule has 0 aliphatic heterocycles. The van der Waals surface area contributed by atoms with Gasteiger partial charge in [-0.3, -0.25) is 0 Å². The molecule has 0 saturated heterocycles. The van der Waals surface area contributed by atoms with Crippen LogP contribution in [0.3, 0.4) is 0 Å². The average Bonchev–Trinajstić information content (AvgIpc) is 1.83. The van der Waals surface area contributed by atoms with Crippen LogP contribution in [0.5, 0.6) is 0 Å². The Hall–Kier alpha value is 1.28. The molecular weight excluding hydrogens is 238 g/mol. The Balaban J connectivity index is 2.40.